The highest BCUT2D eigenvalue weighted by Crippen LogP contribution is 2.27. The van der Waals surface area contributed by atoms with Crippen LogP contribution in [0.15, 0.2) is 45.5 Å². The second-order valence-electron chi connectivity index (χ2n) is 5.69. The summed E-state index contributed by atoms with van der Waals surface area (Å²) < 4.78 is 27.2. The van der Waals surface area contributed by atoms with E-state index in [2.05, 4.69) is 5.32 Å². The highest BCUT2D eigenvalue weighted by molar-refractivity contribution is 7.99. The number of carbonyl (C=O) groups is 1. The Hall–Kier alpha value is -0.710. The third-order valence-electron chi connectivity index (χ3n) is 3.89. The van der Waals surface area contributed by atoms with Crippen LogP contribution in [0.1, 0.15) is 9.67 Å². The zero-order chi connectivity index (χ0) is 19.3. The van der Waals surface area contributed by atoms with Gasteiger partial charge in [-0.2, -0.15) is 16.1 Å². The average molecular weight is 463 g/mol. The highest BCUT2D eigenvalue weighted by Gasteiger charge is 2.31. The van der Waals surface area contributed by atoms with Crippen molar-refractivity contribution in [2.75, 3.05) is 36.9 Å². The molecule has 1 saturated heterocycles. The summed E-state index contributed by atoms with van der Waals surface area (Å²) in [6, 6.07) is 9.03. The van der Waals surface area contributed by atoms with Gasteiger partial charge in [-0.05, 0) is 35.7 Å². The minimum absolute atomic E-state index is 0.113. The molecule has 27 heavy (non-hydrogen) atoms. The average Bonchev–Trinajstić information content (AvgIpc) is 3.18. The molecule has 1 aliphatic rings. The number of hydrogen-bond acceptors (Lipinski definition) is 6. The summed E-state index contributed by atoms with van der Waals surface area (Å²) in [5.41, 5.74) is 0. The fraction of sp³-hybridized carbons (Fsp3) is 0.353. The predicted octanol–water partition coefficient (Wildman–Crippen LogP) is 3.66. The van der Waals surface area contributed by atoms with Crippen molar-refractivity contribution < 1.29 is 13.2 Å². The number of rotatable bonds is 7. The van der Waals surface area contributed by atoms with Gasteiger partial charge in [0.2, 0.25) is 10.0 Å². The van der Waals surface area contributed by atoms with Crippen LogP contribution in [0.25, 0.3) is 0 Å². The smallest absolute Gasteiger partial charge is 0.262 e. The summed E-state index contributed by atoms with van der Waals surface area (Å²) in [7, 11) is -3.62. The molecule has 1 amide bonds. The van der Waals surface area contributed by atoms with Crippen LogP contribution in [0, 0.1) is 0 Å². The predicted molar refractivity (Wildman–Crippen MR) is 115 cm³/mol. The molecule has 1 fully saturated rings. The molecule has 0 aliphatic carbocycles. The Morgan fingerprint density at radius 3 is 2.59 bits per heavy atom. The van der Waals surface area contributed by atoms with Gasteiger partial charge in [0, 0.05) is 46.8 Å². The highest BCUT2D eigenvalue weighted by atomic mass is 35.5. The number of sulfonamides is 1. The van der Waals surface area contributed by atoms with Gasteiger partial charge in [-0.3, -0.25) is 4.79 Å². The van der Waals surface area contributed by atoms with Crippen molar-refractivity contribution in [2.24, 2.45) is 0 Å². The molecule has 3 rings (SSSR count). The van der Waals surface area contributed by atoms with Gasteiger partial charge >= 0.3 is 0 Å². The van der Waals surface area contributed by atoms with Crippen LogP contribution in [0.4, 0.5) is 0 Å². The Kier molecular flexibility index (Phi) is 7.52. The number of thiophene rings is 1. The van der Waals surface area contributed by atoms with Crippen molar-refractivity contribution in [1.29, 1.82) is 0 Å². The molecule has 1 aromatic heterocycles. The first-order chi connectivity index (χ1) is 13.0. The van der Waals surface area contributed by atoms with E-state index >= 15 is 0 Å². The number of carbonyl (C=O) groups excluding carboxylic acids is 1. The minimum atomic E-state index is -3.62. The van der Waals surface area contributed by atoms with Crippen molar-refractivity contribution in [3.05, 3.63) is 45.6 Å². The van der Waals surface area contributed by atoms with Crippen molar-refractivity contribution >= 4 is 62.4 Å². The first-order valence-electron chi connectivity index (χ1n) is 8.30. The van der Waals surface area contributed by atoms with E-state index in [1.807, 2.05) is 24.3 Å². The second-order valence-corrected chi connectivity index (χ2v) is 11.3. The van der Waals surface area contributed by atoms with Crippen LogP contribution in [0.2, 0.25) is 5.02 Å². The number of halogens is 1. The number of nitrogens with one attached hydrogen (secondary N) is 1. The van der Waals surface area contributed by atoms with Crippen LogP contribution in [0.5, 0.6) is 0 Å². The van der Waals surface area contributed by atoms with Crippen LogP contribution < -0.4 is 5.32 Å². The first-order valence-corrected chi connectivity index (χ1v) is 13.1. The third-order valence-corrected chi connectivity index (χ3v) is 9.08. The van der Waals surface area contributed by atoms with Gasteiger partial charge in [-0.15, -0.1) is 23.1 Å². The minimum Gasteiger partial charge on any atom is -0.350 e. The largest absolute Gasteiger partial charge is 0.350 e. The van der Waals surface area contributed by atoms with Gasteiger partial charge in [0.25, 0.3) is 5.91 Å². The van der Waals surface area contributed by atoms with E-state index in [4.69, 9.17) is 11.6 Å². The van der Waals surface area contributed by atoms with Crippen LogP contribution in [-0.4, -0.2) is 55.5 Å². The summed E-state index contributed by atoms with van der Waals surface area (Å²) in [4.78, 5) is 13.9. The van der Waals surface area contributed by atoms with E-state index in [1.165, 1.54) is 10.4 Å². The number of hydrogen-bond donors (Lipinski definition) is 1. The third kappa shape index (κ3) is 5.42. The Morgan fingerprint density at radius 2 is 1.89 bits per heavy atom. The molecule has 1 aromatic carbocycles. The number of nitrogens with zero attached hydrogens (tertiary/aromatic N) is 1. The van der Waals surface area contributed by atoms with Gasteiger partial charge < -0.3 is 5.32 Å². The van der Waals surface area contributed by atoms with E-state index in [0.29, 0.717) is 30.4 Å². The molecule has 5 nitrogen and oxygen atoms in total. The van der Waals surface area contributed by atoms with Gasteiger partial charge in [0.15, 0.2) is 0 Å². The summed E-state index contributed by atoms with van der Waals surface area (Å²) in [6.07, 6.45) is 0. The van der Waals surface area contributed by atoms with Crippen molar-refractivity contribution in [3.63, 3.8) is 0 Å². The normalized spacial score (nSPS) is 15.6. The van der Waals surface area contributed by atoms with E-state index in [9.17, 15) is 13.2 Å². The number of amides is 1. The fourth-order valence-corrected chi connectivity index (χ4v) is 7.32. The first kappa shape index (κ1) is 21.0. The quantitative estimate of drug-likeness (QED) is 0.502. The molecule has 0 atom stereocenters. The maximum absolute atomic E-state index is 12.8. The van der Waals surface area contributed by atoms with Crippen molar-refractivity contribution in [3.8, 4) is 0 Å². The lowest BCUT2D eigenvalue weighted by atomic mass is 10.4. The summed E-state index contributed by atoms with van der Waals surface area (Å²) in [5, 5.41) is 5.16. The summed E-state index contributed by atoms with van der Waals surface area (Å²) >= 11 is 10.4. The van der Waals surface area contributed by atoms with Crippen molar-refractivity contribution in [1.82, 2.24) is 9.62 Å². The lowest BCUT2D eigenvalue weighted by molar-refractivity contribution is 0.0957. The molecular weight excluding hydrogens is 444 g/mol. The molecular formula is C17H19ClN2O3S4. The molecule has 0 radical (unpaired) electrons. The van der Waals surface area contributed by atoms with Gasteiger partial charge in [0.1, 0.15) is 9.77 Å². The molecule has 2 heterocycles. The van der Waals surface area contributed by atoms with E-state index in [1.54, 1.807) is 28.9 Å². The molecule has 10 heteroatoms. The van der Waals surface area contributed by atoms with E-state index < -0.39 is 10.0 Å². The lowest BCUT2D eigenvalue weighted by Crippen LogP contribution is -2.38. The Balaban J connectivity index is 1.57. The molecule has 146 valence electrons. The lowest BCUT2D eigenvalue weighted by Gasteiger charge is -2.25. The Bertz CT molecular complexity index is 878. The molecule has 1 N–H and O–H groups in total. The standard InChI is InChI=1S/C17H19ClN2O3S4/c18-13-1-3-14(4-2-13)25-10-6-19-17(21)16-15(5-9-26-16)27(22,23)20-7-11-24-12-8-20/h1-5,9H,6-8,10-12H2,(H,19,21). The maximum Gasteiger partial charge on any atom is 0.262 e. The number of thioether (sulfide) groups is 2. The Labute approximate surface area is 176 Å². The van der Waals surface area contributed by atoms with Gasteiger partial charge in [0.05, 0.1) is 0 Å². The van der Waals surface area contributed by atoms with E-state index in [0.717, 1.165) is 27.7 Å². The molecule has 0 unspecified atom stereocenters. The van der Waals surface area contributed by atoms with Gasteiger partial charge in [-0.25, -0.2) is 8.42 Å². The zero-order valence-electron chi connectivity index (χ0n) is 14.4. The molecule has 0 bridgehead atoms. The number of benzene rings is 1. The monoisotopic (exact) mass is 462 g/mol. The van der Waals surface area contributed by atoms with Crippen LogP contribution >= 0.6 is 46.5 Å². The van der Waals surface area contributed by atoms with Crippen LogP contribution in [-0.2, 0) is 10.0 Å². The Morgan fingerprint density at radius 1 is 1.19 bits per heavy atom. The van der Waals surface area contributed by atoms with E-state index in [-0.39, 0.29) is 15.7 Å². The van der Waals surface area contributed by atoms with Crippen LogP contribution in [0.3, 0.4) is 0 Å². The summed E-state index contributed by atoms with van der Waals surface area (Å²) in [6.45, 7) is 1.42. The zero-order valence-corrected chi connectivity index (χ0v) is 18.4. The fourth-order valence-electron chi connectivity index (χ4n) is 2.54. The topological polar surface area (TPSA) is 66.5 Å². The summed E-state index contributed by atoms with van der Waals surface area (Å²) in [5.74, 6) is 1.91. The van der Waals surface area contributed by atoms with Crippen molar-refractivity contribution in [2.45, 2.75) is 9.79 Å². The van der Waals surface area contributed by atoms with Gasteiger partial charge in [-0.1, -0.05) is 11.6 Å². The molecule has 0 saturated carbocycles. The molecule has 0 spiro atoms. The second kappa shape index (κ2) is 9.67. The molecule has 1 aliphatic heterocycles. The SMILES string of the molecule is O=C(NCCSc1ccc(Cl)cc1)c1sccc1S(=O)(=O)N1CCSCC1. The maximum atomic E-state index is 12.8. The molecule has 2 aromatic rings.